The molecule has 10 nitrogen and oxygen atoms in total. The quantitative estimate of drug-likeness (QED) is 0.409. The third kappa shape index (κ3) is 644. The van der Waals surface area contributed by atoms with Crippen LogP contribution in [0.4, 0.5) is 0 Å². The van der Waals surface area contributed by atoms with Gasteiger partial charge in [-0.1, -0.05) is 0 Å². The van der Waals surface area contributed by atoms with E-state index in [4.69, 9.17) is 9.59 Å². The van der Waals surface area contributed by atoms with Gasteiger partial charge in [0.2, 0.25) is 0 Å². The van der Waals surface area contributed by atoms with Gasteiger partial charge in [0, 0.05) is 21.1 Å². The van der Waals surface area contributed by atoms with Crippen molar-refractivity contribution in [2.75, 3.05) is 13.1 Å². The summed E-state index contributed by atoms with van der Waals surface area (Å²) in [7, 11) is 0. The molecule has 15 heavy (non-hydrogen) atoms. The van der Waals surface area contributed by atoms with E-state index in [1.807, 2.05) is 0 Å². The molecule has 0 saturated carbocycles. The molecule has 0 amide bonds. The molecular formula is C4H24N2O8Pt+2. The molecule has 0 spiro atoms. The van der Waals surface area contributed by atoms with E-state index < -0.39 is 0 Å². The van der Waals surface area contributed by atoms with Gasteiger partial charge < -0.3 is 44.3 Å². The summed E-state index contributed by atoms with van der Waals surface area (Å²) < 4.78 is 0. The predicted octanol–water partition coefficient (Wildman–Crippen LogP) is -8.10. The Kier molecular flexibility index (Phi) is 910. The Labute approximate surface area is 101 Å². The maximum atomic E-state index is 9.11. The predicted molar refractivity (Wildman–Crippen MR) is 49.3 cm³/mol. The third-order valence-electron chi connectivity index (χ3n) is 0.236. The summed E-state index contributed by atoms with van der Waals surface area (Å²) in [5.74, 6) is 0. The van der Waals surface area contributed by atoms with Gasteiger partial charge in [-0.15, -0.1) is 0 Å². The fourth-order valence-electron chi connectivity index (χ4n) is 0. The van der Waals surface area contributed by atoms with E-state index in [-0.39, 0.29) is 53.9 Å². The number of carbonyl (C=O) groups is 2. The number of quaternary nitrogens is 2. The molecule has 0 aromatic heterocycles. The zero-order valence-corrected chi connectivity index (χ0v) is 10.4. The van der Waals surface area contributed by atoms with E-state index in [0.29, 0.717) is 13.1 Å². The van der Waals surface area contributed by atoms with E-state index in [0.717, 1.165) is 12.6 Å². The van der Waals surface area contributed by atoms with Gasteiger partial charge in [-0.2, -0.15) is 0 Å². The molecule has 106 valence electrons. The van der Waals surface area contributed by atoms with Crippen molar-refractivity contribution in [2.45, 2.75) is 0 Å². The first kappa shape index (κ1) is 84.8. The smallest absolute Gasteiger partial charge is 0.173 e. The summed E-state index contributed by atoms with van der Waals surface area (Å²) in [6.45, 7) is 0.778. The van der Waals surface area contributed by atoms with Crippen LogP contribution >= 0.6 is 0 Å². The van der Waals surface area contributed by atoms with Crippen molar-refractivity contribution < 1.29 is 75.0 Å². The van der Waals surface area contributed by atoms with Crippen LogP contribution in [0.25, 0.3) is 0 Å². The van der Waals surface area contributed by atoms with E-state index in [1.54, 1.807) is 0 Å². The van der Waals surface area contributed by atoms with Crippen LogP contribution < -0.4 is 11.5 Å². The Hall–Kier alpha value is -0.292. The summed E-state index contributed by atoms with van der Waals surface area (Å²) in [4.78, 5) is 18.2. The van der Waals surface area contributed by atoms with Gasteiger partial charge in [0.1, 0.15) is 13.1 Å². The molecule has 0 heterocycles. The van der Waals surface area contributed by atoms with Crippen molar-refractivity contribution in [3.63, 3.8) is 0 Å². The molecule has 0 fully saturated rings. The Bertz CT molecular complexity index is 60.6. The average Bonchev–Trinajstić information content (AvgIpc) is 1.88. The molecule has 0 aromatic rings. The topological polar surface area (TPSA) is 278 Å². The van der Waals surface area contributed by atoms with Crippen molar-refractivity contribution in [1.29, 1.82) is 0 Å². The molecule has 0 radical (unpaired) electrons. The molecule has 11 heteroatoms. The minimum absolute atomic E-state index is 0. The van der Waals surface area contributed by atoms with Crippen LogP contribution in [0.2, 0.25) is 0 Å². The van der Waals surface area contributed by atoms with Crippen molar-refractivity contribution in [3.8, 4) is 0 Å². The third-order valence-corrected chi connectivity index (χ3v) is 0.236. The molecule has 0 unspecified atom stereocenters. The fourth-order valence-corrected chi connectivity index (χ4v) is 0. The molecule has 18 N–H and O–H groups in total. The second-order valence-corrected chi connectivity index (χ2v) is 0.911. The van der Waals surface area contributed by atoms with E-state index in [2.05, 4.69) is 11.5 Å². The first-order valence-electron chi connectivity index (χ1n) is 2.29. The Balaban J connectivity index is -0.00000000468. The molecule has 0 aliphatic heterocycles. The average molecular weight is 423 g/mol. The Morgan fingerprint density at radius 1 is 0.667 bits per heavy atom. The van der Waals surface area contributed by atoms with E-state index in [9.17, 15) is 0 Å². The fraction of sp³-hybridized carbons (Fsp3) is 0.500. The molecular weight excluding hydrogens is 399 g/mol. The van der Waals surface area contributed by atoms with Crippen molar-refractivity contribution in [1.82, 2.24) is 0 Å². The van der Waals surface area contributed by atoms with Crippen LogP contribution in [0.1, 0.15) is 0 Å². The summed E-state index contributed by atoms with van der Waals surface area (Å²) in [5, 5.41) is 0. The maximum absolute atomic E-state index is 9.11. The second kappa shape index (κ2) is 161. The van der Waals surface area contributed by atoms with E-state index >= 15 is 0 Å². The first-order chi connectivity index (χ1) is 3.83. The zero-order valence-electron chi connectivity index (χ0n) is 8.12. The van der Waals surface area contributed by atoms with Gasteiger partial charge in [0.15, 0.2) is 12.6 Å². The molecule has 0 saturated heterocycles. The molecule has 0 rings (SSSR count). The largest absolute Gasteiger partial charge is 0.412 e. The summed E-state index contributed by atoms with van der Waals surface area (Å²) >= 11 is 0. The molecule has 0 atom stereocenters. The van der Waals surface area contributed by atoms with Gasteiger partial charge in [0.25, 0.3) is 0 Å². The Morgan fingerprint density at radius 3 is 0.733 bits per heavy atom. The van der Waals surface area contributed by atoms with Crippen LogP contribution in [0, 0.1) is 0 Å². The molecule has 0 aliphatic rings. The van der Waals surface area contributed by atoms with Crippen LogP contribution in [0.5, 0.6) is 0 Å². The van der Waals surface area contributed by atoms with Gasteiger partial charge in [-0.25, -0.2) is 0 Å². The number of aldehydes is 2. The molecule has 0 bridgehead atoms. The summed E-state index contributed by atoms with van der Waals surface area (Å²) in [5.41, 5.74) is 6.47. The zero-order chi connectivity index (χ0) is 6.83. The minimum atomic E-state index is 0. The molecule has 0 aliphatic carbocycles. The van der Waals surface area contributed by atoms with Crippen molar-refractivity contribution in [3.05, 3.63) is 0 Å². The standard InChI is InChI=1S/2C2H5NO.6H2O.Pt/c2*3-1-2-4;;;;;;;/h2*2H,1,3H2;6*1H2;/p+2. The minimum Gasteiger partial charge on any atom is -0.412 e. The number of rotatable bonds is 2. The second-order valence-electron chi connectivity index (χ2n) is 0.911. The number of carbonyl (C=O) groups excluding carboxylic acids is 2. The van der Waals surface area contributed by atoms with Crippen molar-refractivity contribution >= 4 is 12.6 Å². The van der Waals surface area contributed by atoms with Crippen LogP contribution in [-0.2, 0) is 30.7 Å². The number of hydrogen-bond donors (Lipinski definition) is 2. The van der Waals surface area contributed by atoms with Gasteiger partial charge in [-0.05, 0) is 0 Å². The maximum Gasteiger partial charge on any atom is 0.173 e. The Morgan fingerprint density at radius 2 is 0.733 bits per heavy atom. The van der Waals surface area contributed by atoms with Crippen LogP contribution in [0.15, 0.2) is 0 Å². The summed E-state index contributed by atoms with van der Waals surface area (Å²) in [6, 6.07) is 0. The van der Waals surface area contributed by atoms with Crippen LogP contribution in [-0.4, -0.2) is 58.5 Å². The van der Waals surface area contributed by atoms with E-state index in [1.165, 1.54) is 0 Å². The van der Waals surface area contributed by atoms with Gasteiger partial charge in [-0.3, -0.25) is 9.59 Å². The SMILES string of the molecule is O.O.O.O.O.O.[NH3+]CC=O.[NH3+]CC=O.[Pt]. The van der Waals surface area contributed by atoms with Crippen LogP contribution in [0.3, 0.4) is 0 Å². The normalized spacial score (nSPS) is 3.33. The van der Waals surface area contributed by atoms with Gasteiger partial charge in [0.05, 0.1) is 0 Å². The number of hydrogen-bond acceptors (Lipinski definition) is 2. The first-order valence-corrected chi connectivity index (χ1v) is 2.29. The molecule has 0 aromatic carbocycles. The summed E-state index contributed by atoms with van der Waals surface area (Å²) in [6.07, 6.45) is 1.53. The van der Waals surface area contributed by atoms with Gasteiger partial charge >= 0.3 is 0 Å². The van der Waals surface area contributed by atoms with Crippen molar-refractivity contribution in [2.24, 2.45) is 0 Å². The monoisotopic (exact) mass is 423 g/mol.